The van der Waals surface area contributed by atoms with Crippen molar-refractivity contribution in [1.82, 2.24) is 0 Å². The number of halogens is 2. The Labute approximate surface area is 53.2 Å². The molecule has 2 fully saturated rings. The van der Waals surface area contributed by atoms with Gasteiger partial charge in [0.2, 0.25) is 0 Å². The van der Waals surface area contributed by atoms with Crippen molar-refractivity contribution in [2.45, 2.75) is 31.6 Å². The van der Waals surface area contributed by atoms with Gasteiger partial charge >= 0.3 is 0 Å². The van der Waals surface area contributed by atoms with Crippen LogP contribution in [-0.4, -0.2) is 12.3 Å². The number of fused-ring (bicyclic) bond motifs is 2. The second-order valence-corrected chi connectivity index (χ2v) is 3.20. The van der Waals surface area contributed by atoms with Gasteiger partial charge < -0.3 is 0 Å². The van der Waals surface area contributed by atoms with Gasteiger partial charge in [-0.2, -0.15) is 0 Å². The third-order valence-corrected chi connectivity index (χ3v) is 2.72. The molecule has 0 heterocycles. The number of alkyl halides is 2. The van der Waals surface area contributed by atoms with Crippen LogP contribution >= 0.6 is 0 Å². The van der Waals surface area contributed by atoms with Gasteiger partial charge in [-0.05, 0) is 25.2 Å². The minimum Gasteiger partial charge on any atom is -0.247 e. The maximum Gasteiger partial charge on any atom is 0.109 e. The second kappa shape index (κ2) is 1.68. The fraction of sp³-hybridized carbons (Fsp3) is 1.00. The van der Waals surface area contributed by atoms with Crippen LogP contribution < -0.4 is 0 Å². The molecule has 4 unspecified atom stereocenters. The summed E-state index contributed by atoms with van der Waals surface area (Å²) in [5.74, 6) is -0.153. The average Bonchev–Trinajstić information content (AvgIpc) is 2.25. The molecule has 0 amide bonds. The third kappa shape index (κ3) is 0.620. The molecule has 0 N–H and O–H groups in total. The summed E-state index contributed by atoms with van der Waals surface area (Å²) in [6.45, 7) is 0. The highest BCUT2D eigenvalue weighted by molar-refractivity contribution is 4.97. The summed E-state index contributed by atoms with van der Waals surface area (Å²) in [5.41, 5.74) is 0. The van der Waals surface area contributed by atoms with Crippen LogP contribution in [0.15, 0.2) is 0 Å². The molecule has 0 nitrogen and oxygen atoms in total. The molecule has 0 aromatic carbocycles. The van der Waals surface area contributed by atoms with E-state index in [1.54, 1.807) is 0 Å². The van der Waals surface area contributed by atoms with Crippen molar-refractivity contribution in [1.29, 1.82) is 0 Å². The minimum atomic E-state index is -0.821. The van der Waals surface area contributed by atoms with Crippen molar-refractivity contribution in [3.05, 3.63) is 0 Å². The van der Waals surface area contributed by atoms with Gasteiger partial charge in [-0.3, -0.25) is 0 Å². The van der Waals surface area contributed by atoms with E-state index in [2.05, 4.69) is 0 Å². The summed E-state index contributed by atoms with van der Waals surface area (Å²) >= 11 is 0. The summed E-state index contributed by atoms with van der Waals surface area (Å²) in [6, 6.07) is 0. The highest BCUT2D eigenvalue weighted by Crippen LogP contribution is 2.47. The number of rotatable bonds is 0. The van der Waals surface area contributed by atoms with Crippen molar-refractivity contribution >= 4 is 0 Å². The predicted molar refractivity (Wildman–Crippen MR) is 30.6 cm³/mol. The van der Waals surface area contributed by atoms with Crippen LogP contribution in [0.4, 0.5) is 8.78 Å². The Balaban J connectivity index is 2.16. The van der Waals surface area contributed by atoms with E-state index in [4.69, 9.17) is 0 Å². The van der Waals surface area contributed by atoms with E-state index in [-0.39, 0.29) is 11.8 Å². The molecule has 2 rings (SSSR count). The zero-order valence-corrected chi connectivity index (χ0v) is 5.19. The molecule has 0 spiro atoms. The Bertz CT molecular complexity index is 124. The van der Waals surface area contributed by atoms with E-state index in [1.165, 1.54) is 0 Å². The molecule has 4 atom stereocenters. The van der Waals surface area contributed by atoms with Gasteiger partial charge in [0.25, 0.3) is 0 Å². The first-order valence-corrected chi connectivity index (χ1v) is 3.57. The molecule has 2 saturated carbocycles. The van der Waals surface area contributed by atoms with Gasteiger partial charge in [-0.1, -0.05) is 0 Å². The van der Waals surface area contributed by atoms with Gasteiger partial charge in [0.15, 0.2) is 0 Å². The van der Waals surface area contributed by atoms with Crippen molar-refractivity contribution < 1.29 is 8.78 Å². The van der Waals surface area contributed by atoms with E-state index < -0.39 is 12.3 Å². The first-order valence-electron chi connectivity index (χ1n) is 3.57. The molecule has 2 bridgehead atoms. The Kier molecular flexibility index (Phi) is 1.05. The second-order valence-electron chi connectivity index (χ2n) is 3.20. The Morgan fingerprint density at radius 2 is 1.89 bits per heavy atom. The Hall–Kier alpha value is -0.140. The van der Waals surface area contributed by atoms with Crippen LogP contribution in [0.5, 0.6) is 0 Å². The maximum atomic E-state index is 12.8. The van der Waals surface area contributed by atoms with E-state index in [0.717, 1.165) is 12.8 Å². The Morgan fingerprint density at radius 1 is 1.11 bits per heavy atom. The van der Waals surface area contributed by atoms with Crippen molar-refractivity contribution in [3.63, 3.8) is 0 Å². The highest BCUT2D eigenvalue weighted by Gasteiger charge is 2.48. The van der Waals surface area contributed by atoms with E-state index in [1.807, 2.05) is 0 Å². The Morgan fingerprint density at radius 3 is 2.11 bits per heavy atom. The molecule has 2 heteroatoms. The molecule has 0 radical (unpaired) electrons. The van der Waals surface area contributed by atoms with Crippen LogP contribution in [0.2, 0.25) is 0 Å². The molecule has 0 aliphatic heterocycles. The van der Waals surface area contributed by atoms with Crippen LogP contribution in [0.3, 0.4) is 0 Å². The maximum absolute atomic E-state index is 12.8. The molecule has 52 valence electrons. The lowest BCUT2D eigenvalue weighted by Gasteiger charge is -2.11. The highest BCUT2D eigenvalue weighted by atomic mass is 19.1. The lowest BCUT2D eigenvalue weighted by atomic mass is 9.99. The van der Waals surface area contributed by atoms with E-state index in [0.29, 0.717) is 6.42 Å². The molecule has 2 aliphatic rings. The van der Waals surface area contributed by atoms with Gasteiger partial charge in [-0.15, -0.1) is 0 Å². The first-order chi connectivity index (χ1) is 4.29. The van der Waals surface area contributed by atoms with Crippen LogP contribution in [-0.2, 0) is 0 Å². The van der Waals surface area contributed by atoms with Gasteiger partial charge in [0.1, 0.15) is 12.3 Å². The fourth-order valence-corrected chi connectivity index (χ4v) is 2.17. The standard InChI is InChI=1S/C7H10F2/c8-6-3-4-1-2-5(6)7(4)9/h4-7H,1-3H2. The van der Waals surface area contributed by atoms with Gasteiger partial charge in [0, 0.05) is 5.92 Å². The smallest absolute Gasteiger partial charge is 0.109 e. The van der Waals surface area contributed by atoms with Crippen molar-refractivity contribution in [3.8, 4) is 0 Å². The quantitative estimate of drug-likeness (QED) is 0.473. The molecular weight excluding hydrogens is 122 g/mol. The summed E-state index contributed by atoms with van der Waals surface area (Å²) < 4.78 is 25.4. The largest absolute Gasteiger partial charge is 0.247 e. The van der Waals surface area contributed by atoms with Crippen LogP contribution in [0, 0.1) is 11.8 Å². The molecule has 2 aliphatic carbocycles. The molecule has 0 aromatic rings. The van der Waals surface area contributed by atoms with Crippen molar-refractivity contribution in [2.24, 2.45) is 11.8 Å². The molecule has 0 aromatic heterocycles. The topological polar surface area (TPSA) is 0 Å². The van der Waals surface area contributed by atoms with E-state index >= 15 is 0 Å². The van der Waals surface area contributed by atoms with Crippen LogP contribution in [0.25, 0.3) is 0 Å². The molecular formula is C7H10F2. The number of hydrogen-bond acceptors (Lipinski definition) is 0. The third-order valence-electron chi connectivity index (χ3n) is 2.72. The normalized spacial score (nSPS) is 56.7. The monoisotopic (exact) mass is 132 g/mol. The summed E-state index contributed by atoms with van der Waals surface area (Å²) in [7, 11) is 0. The minimum absolute atomic E-state index is 0.0741. The SMILES string of the molecule is FC1CC2CCC1C2F. The lowest BCUT2D eigenvalue weighted by Crippen LogP contribution is -2.12. The van der Waals surface area contributed by atoms with Crippen LogP contribution in [0.1, 0.15) is 19.3 Å². The summed E-state index contributed by atoms with van der Waals surface area (Å²) in [4.78, 5) is 0. The fourth-order valence-electron chi connectivity index (χ4n) is 2.17. The van der Waals surface area contributed by atoms with E-state index in [9.17, 15) is 8.78 Å². The zero-order chi connectivity index (χ0) is 6.43. The molecule has 0 saturated heterocycles. The zero-order valence-electron chi connectivity index (χ0n) is 5.19. The summed E-state index contributed by atoms with van der Waals surface area (Å²) in [5, 5.41) is 0. The average molecular weight is 132 g/mol. The summed E-state index contributed by atoms with van der Waals surface area (Å²) in [6.07, 6.45) is 0.573. The molecule has 9 heavy (non-hydrogen) atoms. The van der Waals surface area contributed by atoms with Gasteiger partial charge in [0.05, 0.1) is 0 Å². The first kappa shape index (κ1) is 5.63. The van der Waals surface area contributed by atoms with Crippen molar-refractivity contribution in [2.75, 3.05) is 0 Å². The number of hydrogen-bond donors (Lipinski definition) is 0. The van der Waals surface area contributed by atoms with Gasteiger partial charge in [-0.25, -0.2) is 8.78 Å². The predicted octanol–water partition coefficient (Wildman–Crippen LogP) is 2.09. The lowest BCUT2D eigenvalue weighted by molar-refractivity contribution is 0.199.